The van der Waals surface area contributed by atoms with Crippen molar-refractivity contribution in [3.63, 3.8) is 0 Å². The lowest BCUT2D eigenvalue weighted by Crippen LogP contribution is -2.15. The fraction of sp³-hybridized carbons (Fsp3) is 0.391. The van der Waals surface area contributed by atoms with Gasteiger partial charge in [-0.25, -0.2) is 9.36 Å². The van der Waals surface area contributed by atoms with Gasteiger partial charge in [-0.15, -0.1) is 10.2 Å². The lowest BCUT2D eigenvalue weighted by atomic mass is 10.0. The molecule has 0 saturated carbocycles. The van der Waals surface area contributed by atoms with Crippen LogP contribution in [-0.2, 0) is 45.0 Å². The number of carbonyl (C=O) groups excluding carboxylic acids is 2. The van der Waals surface area contributed by atoms with Crippen molar-refractivity contribution in [1.29, 1.82) is 0 Å². The number of ether oxygens (including phenoxy) is 2. The second-order valence-corrected chi connectivity index (χ2v) is 7.88. The normalized spacial score (nSPS) is 10.9. The molecule has 0 fully saturated rings. The number of carbonyl (C=O) groups is 2. The van der Waals surface area contributed by atoms with Crippen LogP contribution in [0.5, 0.6) is 0 Å². The Bertz CT molecular complexity index is 1250. The van der Waals surface area contributed by atoms with Crippen molar-refractivity contribution in [1.82, 2.24) is 50.4 Å². The molecular weight excluding hydrogens is 480 g/mol. The molecule has 0 spiro atoms. The van der Waals surface area contributed by atoms with Gasteiger partial charge in [-0.3, -0.25) is 19.6 Å². The third kappa shape index (κ3) is 6.74. The highest BCUT2D eigenvalue weighted by atomic mass is 16.5. The van der Waals surface area contributed by atoms with Crippen LogP contribution < -0.4 is 0 Å². The number of tetrazole rings is 2. The van der Waals surface area contributed by atoms with Gasteiger partial charge in [0.2, 0.25) is 11.6 Å². The summed E-state index contributed by atoms with van der Waals surface area (Å²) in [6, 6.07) is 7.69. The molecule has 0 aliphatic carbocycles. The number of aryl methyl sites for hydroxylation is 2. The van der Waals surface area contributed by atoms with Gasteiger partial charge in [0, 0.05) is 12.4 Å². The highest BCUT2D eigenvalue weighted by molar-refractivity contribution is 5.70. The zero-order valence-electron chi connectivity index (χ0n) is 20.5. The second kappa shape index (κ2) is 12.4. The smallest absolute Gasteiger partial charge is 0.327 e. The average molecular weight is 507 g/mol. The predicted molar refractivity (Wildman–Crippen MR) is 127 cm³/mol. The van der Waals surface area contributed by atoms with Crippen molar-refractivity contribution in [2.75, 3.05) is 13.2 Å². The summed E-state index contributed by atoms with van der Waals surface area (Å²) in [6.45, 7) is 3.88. The molecule has 14 nitrogen and oxygen atoms in total. The number of aromatic nitrogens is 10. The Morgan fingerprint density at radius 1 is 0.757 bits per heavy atom. The van der Waals surface area contributed by atoms with Crippen LogP contribution in [0.2, 0.25) is 0 Å². The molecule has 0 unspecified atom stereocenters. The number of rotatable bonds is 12. The number of hydrogen-bond acceptors (Lipinski definition) is 12. The van der Waals surface area contributed by atoms with Gasteiger partial charge in [0.05, 0.1) is 13.2 Å². The van der Waals surface area contributed by atoms with Crippen LogP contribution in [0.1, 0.15) is 31.4 Å². The topological polar surface area (TPSA) is 166 Å². The fourth-order valence-corrected chi connectivity index (χ4v) is 3.65. The molecule has 37 heavy (non-hydrogen) atoms. The Morgan fingerprint density at radius 2 is 1.22 bits per heavy atom. The summed E-state index contributed by atoms with van der Waals surface area (Å²) in [4.78, 5) is 32.4. The summed E-state index contributed by atoms with van der Waals surface area (Å²) in [6.07, 6.45) is 5.82. The number of pyridine rings is 2. The lowest BCUT2D eigenvalue weighted by Gasteiger charge is -2.07. The van der Waals surface area contributed by atoms with Crippen LogP contribution >= 0.6 is 0 Å². The summed E-state index contributed by atoms with van der Waals surface area (Å²) in [7, 11) is 0. The highest BCUT2D eigenvalue weighted by Crippen LogP contribution is 2.18. The van der Waals surface area contributed by atoms with Crippen molar-refractivity contribution in [2.24, 2.45) is 0 Å². The van der Waals surface area contributed by atoms with E-state index in [1.807, 2.05) is 24.3 Å². The van der Waals surface area contributed by atoms with E-state index in [2.05, 4.69) is 41.0 Å². The molecule has 4 heterocycles. The quantitative estimate of drug-likeness (QED) is 0.251. The summed E-state index contributed by atoms with van der Waals surface area (Å²) >= 11 is 0. The molecule has 14 heteroatoms. The van der Waals surface area contributed by atoms with Crippen LogP contribution in [-0.4, -0.2) is 75.5 Å². The first kappa shape index (κ1) is 25.5. The fourth-order valence-electron chi connectivity index (χ4n) is 3.65. The van der Waals surface area contributed by atoms with E-state index in [0.29, 0.717) is 23.0 Å². The molecule has 0 aliphatic rings. The first-order valence-electron chi connectivity index (χ1n) is 11.8. The van der Waals surface area contributed by atoms with Crippen LogP contribution in [0.4, 0.5) is 0 Å². The minimum absolute atomic E-state index is 0.0878. The molecule has 4 aromatic rings. The molecule has 0 amide bonds. The molecule has 4 rings (SSSR count). The number of hydrogen-bond donors (Lipinski definition) is 0. The molecular formula is C23H26N10O4. The van der Waals surface area contributed by atoms with E-state index in [1.165, 1.54) is 9.36 Å². The lowest BCUT2D eigenvalue weighted by molar-refractivity contribution is -0.145. The molecule has 0 saturated heterocycles. The van der Waals surface area contributed by atoms with Crippen LogP contribution in [0, 0.1) is 0 Å². The van der Waals surface area contributed by atoms with Gasteiger partial charge in [-0.1, -0.05) is 0 Å². The standard InChI is InChI=1S/C23H26N10O4/c1-3-36-20(34)14-32-22(26-28-30-32)18-12-16(8-10-24-18)6-5-7-17-9-11-25-19(13-17)23-27-29-31-33(23)15-21(35)37-4-2/h8-13H,3-7,14-15H2,1-2H3. The van der Waals surface area contributed by atoms with E-state index in [4.69, 9.17) is 9.47 Å². The highest BCUT2D eigenvalue weighted by Gasteiger charge is 2.16. The number of nitrogens with zero attached hydrogens (tertiary/aromatic N) is 10. The van der Waals surface area contributed by atoms with Crippen LogP contribution in [0.3, 0.4) is 0 Å². The Balaban J connectivity index is 1.39. The molecule has 0 N–H and O–H groups in total. The monoisotopic (exact) mass is 506 g/mol. The Labute approximate surface area is 212 Å². The summed E-state index contributed by atoms with van der Waals surface area (Å²) in [5, 5.41) is 23.1. The Hall–Kier alpha value is -4.62. The van der Waals surface area contributed by atoms with Gasteiger partial charge in [0.15, 0.2) is 0 Å². The molecule has 4 aromatic heterocycles. The maximum atomic E-state index is 11.8. The molecule has 0 bridgehead atoms. The Morgan fingerprint density at radius 3 is 1.65 bits per heavy atom. The first-order chi connectivity index (χ1) is 18.1. The number of esters is 2. The third-order valence-electron chi connectivity index (χ3n) is 5.27. The van der Waals surface area contributed by atoms with E-state index in [1.54, 1.807) is 26.2 Å². The van der Waals surface area contributed by atoms with E-state index in [9.17, 15) is 9.59 Å². The van der Waals surface area contributed by atoms with E-state index < -0.39 is 11.9 Å². The largest absolute Gasteiger partial charge is 0.465 e. The molecule has 0 aromatic carbocycles. The summed E-state index contributed by atoms with van der Waals surface area (Å²) < 4.78 is 12.7. The van der Waals surface area contributed by atoms with E-state index >= 15 is 0 Å². The predicted octanol–water partition coefficient (Wildman–Crippen LogP) is 1.09. The van der Waals surface area contributed by atoms with Crippen molar-refractivity contribution in [3.05, 3.63) is 47.8 Å². The zero-order chi connectivity index (χ0) is 26.0. The van der Waals surface area contributed by atoms with Gasteiger partial charge < -0.3 is 9.47 Å². The molecule has 0 aliphatic heterocycles. The minimum Gasteiger partial charge on any atom is -0.465 e. The SMILES string of the molecule is CCOC(=O)Cn1nnnc1-c1cc(CCCc2ccnc(-c3nnnn3CC(=O)OCC)c2)ccn1. The van der Waals surface area contributed by atoms with Gasteiger partial charge in [-0.2, -0.15) is 0 Å². The van der Waals surface area contributed by atoms with Gasteiger partial charge in [0.1, 0.15) is 24.5 Å². The van der Waals surface area contributed by atoms with Crippen molar-refractivity contribution in [2.45, 2.75) is 46.2 Å². The summed E-state index contributed by atoms with van der Waals surface area (Å²) in [5.41, 5.74) is 3.27. The van der Waals surface area contributed by atoms with Crippen LogP contribution in [0.25, 0.3) is 23.0 Å². The zero-order valence-corrected chi connectivity index (χ0v) is 20.5. The van der Waals surface area contributed by atoms with Gasteiger partial charge in [0.25, 0.3) is 0 Å². The minimum atomic E-state index is -0.418. The average Bonchev–Trinajstić information content (AvgIpc) is 3.54. The van der Waals surface area contributed by atoms with E-state index in [0.717, 1.165) is 30.4 Å². The first-order valence-corrected chi connectivity index (χ1v) is 11.8. The summed E-state index contributed by atoms with van der Waals surface area (Å²) in [5.74, 6) is -0.0406. The van der Waals surface area contributed by atoms with Gasteiger partial charge >= 0.3 is 11.9 Å². The van der Waals surface area contributed by atoms with Crippen LogP contribution in [0.15, 0.2) is 36.7 Å². The molecule has 0 radical (unpaired) electrons. The van der Waals surface area contributed by atoms with Gasteiger partial charge in [-0.05, 0) is 89.4 Å². The molecule has 192 valence electrons. The van der Waals surface area contributed by atoms with E-state index in [-0.39, 0.29) is 26.3 Å². The van der Waals surface area contributed by atoms with Crippen molar-refractivity contribution >= 4 is 11.9 Å². The van der Waals surface area contributed by atoms with Crippen molar-refractivity contribution in [3.8, 4) is 23.0 Å². The Kier molecular flexibility index (Phi) is 8.52. The molecule has 0 atom stereocenters. The second-order valence-electron chi connectivity index (χ2n) is 7.88. The third-order valence-corrected chi connectivity index (χ3v) is 5.27. The maximum absolute atomic E-state index is 11.8. The maximum Gasteiger partial charge on any atom is 0.327 e. The van der Waals surface area contributed by atoms with Crippen molar-refractivity contribution < 1.29 is 19.1 Å².